The number of nitrogens with two attached hydrogens (primary N) is 1. The van der Waals surface area contributed by atoms with Crippen molar-refractivity contribution in [3.63, 3.8) is 0 Å². The minimum atomic E-state index is -0.504. The van der Waals surface area contributed by atoms with E-state index in [-0.39, 0.29) is 18.1 Å². The molecule has 0 aliphatic carbocycles. The third kappa shape index (κ3) is 5.14. The lowest BCUT2D eigenvalue weighted by molar-refractivity contribution is -0.136. The molecule has 4 heteroatoms. The molecule has 90 valence electrons. The lowest BCUT2D eigenvalue weighted by Crippen LogP contribution is -2.48. The van der Waals surface area contributed by atoms with Gasteiger partial charge in [-0.05, 0) is 34.1 Å². The molecule has 0 fully saturated rings. The molecular weight excluding hydrogens is 192 g/mol. The zero-order valence-electron chi connectivity index (χ0n) is 10.5. The second kappa shape index (κ2) is 4.94. The molecule has 0 bridgehead atoms. The average molecular weight is 216 g/mol. The van der Waals surface area contributed by atoms with Crippen LogP contribution in [0.25, 0.3) is 0 Å². The molecule has 0 heterocycles. The number of amides is 1. The van der Waals surface area contributed by atoms with Crippen LogP contribution in [0.1, 0.15) is 40.5 Å². The van der Waals surface area contributed by atoms with E-state index in [1.54, 1.807) is 11.9 Å². The second-order valence-electron chi connectivity index (χ2n) is 5.41. The maximum absolute atomic E-state index is 11.8. The third-order valence-corrected chi connectivity index (χ3v) is 2.65. The SMILES string of the molecule is CN(C(=O)CCC(C)(C)N)C(C)(C)CO. The Hall–Kier alpha value is -0.610. The summed E-state index contributed by atoms with van der Waals surface area (Å²) >= 11 is 0. The van der Waals surface area contributed by atoms with Crippen molar-refractivity contribution in [2.75, 3.05) is 13.7 Å². The van der Waals surface area contributed by atoms with Gasteiger partial charge in [-0.25, -0.2) is 0 Å². The molecule has 0 unspecified atom stereocenters. The average Bonchev–Trinajstić information content (AvgIpc) is 2.11. The number of aliphatic hydroxyl groups excluding tert-OH is 1. The van der Waals surface area contributed by atoms with Crippen molar-refractivity contribution in [3.8, 4) is 0 Å². The summed E-state index contributed by atoms with van der Waals surface area (Å²) in [4.78, 5) is 13.3. The maximum Gasteiger partial charge on any atom is 0.222 e. The normalized spacial score (nSPS) is 12.7. The van der Waals surface area contributed by atoms with Gasteiger partial charge in [-0.15, -0.1) is 0 Å². The number of carbonyl (C=O) groups excluding carboxylic acids is 1. The fraction of sp³-hybridized carbons (Fsp3) is 0.909. The molecule has 3 N–H and O–H groups in total. The molecule has 15 heavy (non-hydrogen) atoms. The summed E-state index contributed by atoms with van der Waals surface area (Å²) in [6, 6.07) is 0. The minimum absolute atomic E-state index is 0.0209. The van der Waals surface area contributed by atoms with Gasteiger partial charge in [0.1, 0.15) is 0 Å². The Balaban J connectivity index is 4.23. The van der Waals surface area contributed by atoms with Crippen molar-refractivity contribution in [1.82, 2.24) is 4.90 Å². The van der Waals surface area contributed by atoms with Gasteiger partial charge >= 0.3 is 0 Å². The van der Waals surface area contributed by atoms with Gasteiger partial charge in [0, 0.05) is 19.0 Å². The van der Waals surface area contributed by atoms with Crippen molar-refractivity contribution < 1.29 is 9.90 Å². The molecule has 0 aromatic heterocycles. The van der Waals surface area contributed by atoms with Gasteiger partial charge in [-0.3, -0.25) is 4.79 Å². The topological polar surface area (TPSA) is 66.6 Å². The van der Waals surface area contributed by atoms with E-state index in [9.17, 15) is 4.79 Å². The first kappa shape index (κ1) is 14.4. The van der Waals surface area contributed by atoms with Crippen molar-refractivity contribution >= 4 is 5.91 Å². The summed E-state index contributed by atoms with van der Waals surface area (Å²) in [5, 5.41) is 9.12. The molecule has 0 rings (SSSR count). The van der Waals surface area contributed by atoms with Crippen LogP contribution in [0.4, 0.5) is 0 Å². The van der Waals surface area contributed by atoms with E-state index >= 15 is 0 Å². The monoisotopic (exact) mass is 216 g/mol. The molecule has 4 nitrogen and oxygen atoms in total. The summed E-state index contributed by atoms with van der Waals surface area (Å²) in [6.07, 6.45) is 1.07. The molecule has 0 atom stereocenters. The summed E-state index contributed by atoms with van der Waals surface area (Å²) in [5.41, 5.74) is 4.98. The lowest BCUT2D eigenvalue weighted by atomic mass is 9.98. The lowest BCUT2D eigenvalue weighted by Gasteiger charge is -2.34. The molecule has 0 saturated carbocycles. The van der Waals surface area contributed by atoms with Crippen LogP contribution in [0.3, 0.4) is 0 Å². The van der Waals surface area contributed by atoms with Gasteiger partial charge < -0.3 is 15.7 Å². The van der Waals surface area contributed by atoms with Gasteiger partial charge in [0.2, 0.25) is 5.91 Å². The number of aliphatic hydroxyl groups is 1. The van der Waals surface area contributed by atoms with Crippen LogP contribution in [-0.2, 0) is 4.79 Å². The first-order valence-electron chi connectivity index (χ1n) is 5.26. The molecule has 0 aliphatic rings. The highest BCUT2D eigenvalue weighted by molar-refractivity contribution is 5.76. The van der Waals surface area contributed by atoms with Crippen molar-refractivity contribution in [3.05, 3.63) is 0 Å². The number of hydrogen-bond donors (Lipinski definition) is 2. The van der Waals surface area contributed by atoms with E-state index in [4.69, 9.17) is 10.8 Å². The van der Waals surface area contributed by atoms with E-state index in [1.165, 1.54) is 0 Å². The van der Waals surface area contributed by atoms with Gasteiger partial charge in [0.05, 0.1) is 12.1 Å². The summed E-state index contributed by atoms with van der Waals surface area (Å²) < 4.78 is 0. The zero-order valence-corrected chi connectivity index (χ0v) is 10.5. The molecule has 0 aromatic rings. The molecule has 0 saturated heterocycles. The predicted molar refractivity (Wildman–Crippen MR) is 61.4 cm³/mol. The molecular formula is C11H24N2O2. The highest BCUT2D eigenvalue weighted by Crippen LogP contribution is 2.15. The number of nitrogens with zero attached hydrogens (tertiary/aromatic N) is 1. The van der Waals surface area contributed by atoms with Crippen LogP contribution < -0.4 is 5.73 Å². The van der Waals surface area contributed by atoms with Crippen molar-refractivity contribution in [1.29, 1.82) is 0 Å². The maximum atomic E-state index is 11.8. The number of rotatable bonds is 5. The van der Waals surface area contributed by atoms with Crippen LogP contribution in [0.2, 0.25) is 0 Å². The molecule has 0 aliphatic heterocycles. The standard InChI is InChI=1S/C11H24N2O2/c1-10(2,12)7-6-9(15)13(5)11(3,4)8-14/h14H,6-8,12H2,1-5H3. The Kier molecular flexibility index (Phi) is 4.74. The van der Waals surface area contributed by atoms with Gasteiger partial charge in [-0.1, -0.05) is 0 Å². The Bertz CT molecular complexity index is 219. The summed E-state index contributed by atoms with van der Waals surface area (Å²) in [6.45, 7) is 7.42. The van der Waals surface area contributed by atoms with E-state index in [2.05, 4.69) is 0 Å². The number of likely N-dealkylation sites (N-methyl/N-ethyl adjacent to an activating group) is 1. The van der Waals surface area contributed by atoms with Gasteiger partial charge in [0.15, 0.2) is 0 Å². The Morgan fingerprint density at radius 3 is 2.13 bits per heavy atom. The molecule has 1 amide bonds. The van der Waals surface area contributed by atoms with E-state index in [0.717, 1.165) is 0 Å². The first-order chi connectivity index (χ1) is 6.60. The van der Waals surface area contributed by atoms with Crippen molar-refractivity contribution in [2.24, 2.45) is 5.73 Å². The van der Waals surface area contributed by atoms with Gasteiger partial charge in [0.25, 0.3) is 0 Å². The van der Waals surface area contributed by atoms with Crippen LogP contribution in [-0.4, -0.2) is 40.6 Å². The molecule has 0 aromatic carbocycles. The predicted octanol–water partition coefficient (Wildman–Crippen LogP) is 0.733. The molecule has 0 spiro atoms. The Morgan fingerprint density at radius 1 is 1.33 bits per heavy atom. The van der Waals surface area contributed by atoms with E-state index in [0.29, 0.717) is 12.8 Å². The summed E-state index contributed by atoms with van der Waals surface area (Å²) in [5.74, 6) is 0.0209. The van der Waals surface area contributed by atoms with Crippen LogP contribution in [0.15, 0.2) is 0 Å². The molecule has 0 radical (unpaired) electrons. The fourth-order valence-electron chi connectivity index (χ4n) is 1.04. The Labute approximate surface area is 92.4 Å². The van der Waals surface area contributed by atoms with Crippen LogP contribution in [0.5, 0.6) is 0 Å². The van der Waals surface area contributed by atoms with Crippen molar-refractivity contribution in [2.45, 2.75) is 51.6 Å². The summed E-state index contributed by atoms with van der Waals surface area (Å²) in [7, 11) is 1.71. The van der Waals surface area contributed by atoms with Crippen LogP contribution >= 0.6 is 0 Å². The number of hydrogen-bond acceptors (Lipinski definition) is 3. The van der Waals surface area contributed by atoms with Crippen LogP contribution in [0, 0.1) is 0 Å². The first-order valence-corrected chi connectivity index (χ1v) is 5.26. The van der Waals surface area contributed by atoms with Gasteiger partial charge in [-0.2, -0.15) is 0 Å². The fourth-order valence-corrected chi connectivity index (χ4v) is 1.04. The quantitative estimate of drug-likeness (QED) is 0.712. The highest BCUT2D eigenvalue weighted by atomic mass is 16.3. The third-order valence-electron chi connectivity index (χ3n) is 2.65. The largest absolute Gasteiger partial charge is 0.394 e. The van der Waals surface area contributed by atoms with E-state index < -0.39 is 5.54 Å². The smallest absolute Gasteiger partial charge is 0.222 e. The Morgan fingerprint density at radius 2 is 1.80 bits per heavy atom. The zero-order chi connectivity index (χ0) is 12.3. The highest BCUT2D eigenvalue weighted by Gasteiger charge is 2.27. The second-order valence-corrected chi connectivity index (χ2v) is 5.41. The number of carbonyl (C=O) groups is 1. The van der Waals surface area contributed by atoms with E-state index in [1.807, 2.05) is 27.7 Å². The minimum Gasteiger partial charge on any atom is -0.394 e.